The van der Waals surface area contributed by atoms with Crippen molar-refractivity contribution in [1.82, 2.24) is 10.6 Å². The van der Waals surface area contributed by atoms with Crippen molar-refractivity contribution in [3.05, 3.63) is 23.8 Å². The van der Waals surface area contributed by atoms with E-state index < -0.39 is 0 Å². The van der Waals surface area contributed by atoms with Crippen LogP contribution in [0.2, 0.25) is 0 Å². The molecule has 1 aromatic rings. The zero-order chi connectivity index (χ0) is 14.7. The van der Waals surface area contributed by atoms with Gasteiger partial charge in [0.25, 0.3) is 5.91 Å². The molecule has 1 fully saturated rings. The highest BCUT2D eigenvalue weighted by molar-refractivity contribution is 5.77. The SMILES string of the molecule is CNC1COc2cc(OCC(=O)NC3CCCC3)ccc21. The summed E-state index contributed by atoms with van der Waals surface area (Å²) in [6.45, 7) is 0.697. The molecule has 2 aliphatic rings. The van der Waals surface area contributed by atoms with E-state index in [9.17, 15) is 4.79 Å². The summed E-state index contributed by atoms with van der Waals surface area (Å²) in [5.41, 5.74) is 1.14. The van der Waals surface area contributed by atoms with Crippen LogP contribution in [0, 0.1) is 0 Å². The van der Waals surface area contributed by atoms with Gasteiger partial charge in [-0.15, -0.1) is 0 Å². The second-order valence-corrected chi connectivity index (χ2v) is 5.69. The Morgan fingerprint density at radius 2 is 2.19 bits per heavy atom. The van der Waals surface area contributed by atoms with Crippen LogP contribution in [0.1, 0.15) is 37.3 Å². The lowest BCUT2D eigenvalue weighted by atomic mass is 10.1. The zero-order valence-electron chi connectivity index (χ0n) is 12.4. The molecule has 0 bridgehead atoms. The summed E-state index contributed by atoms with van der Waals surface area (Å²) in [6, 6.07) is 6.31. The molecule has 114 valence electrons. The van der Waals surface area contributed by atoms with Gasteiger partial charge in [-0.25, -0.2) is 0 Å². The Kier molecular flexibility index (Phi) is 4.29. The number of likely N-dealkylation sites (N-methyl/N-ethyl adjacent to an activating group) is 1. The van der Waals surface area contributed by atoms with Crippen LogP contribution in [-0.2, 0) is 4.79 Å². The highest BCUT2D eigenvalue weighted by Crippen LogP contribution is 2.34. The molecule has 1 heterocycles. The highest BCUT2D eigenvalue weighted by Gasteiger charge is 2.23. The van der Waals surface area contributed by atoms with E-state index in [4.69, 9.17) is 9.47 Å². The first-order valence-electron chi connectivity index (χ1n) is 7.62. The van der Waals surface area contributed by atoms with Crippen LogP contribution in [0.3, 0.4) is 0 Å². The Labute approximate surface area is 125 Å². The Bertz CT molecular complexity index is 512. The van der Waals surface area contributed by atoms with Gasteiger partial charge in [-0.3, -0.25) is 4.79 Å². The molecule has 0 spiro atoms. The number of hydrogen-bond acceptors (Lipinski definition) is 4. The van der Waals surface area contributed by atoms with Crippen LogP contribution < -0.4 is 20.1 Å². The van der Waals surface area contributed by atoms with E-state index >= 15 is 0 Å². The third kappa shape index (κ3) is 3.29. The number of hydrogen-bond donors (Lipinski definition) is 2. The number of amides is 1. The van der Waals surface area contributed by atoms with E-state index in [0.29, 0.717) is 18.4 Å². The number of carbonyl (C=O) groups excluding carboxylic acids is 1. The largest absolute Gasteiger partial charge is 0.491 e. The van der Waals surface area contributed by atoms with Gasteiger partial charge in [0.2, 0.25) is 0 Å². The smallest absolute Gasteiger partial charge is 0.258 e. The standard InChI is InChI=1S/C16H22N2O3/c1-17-14-9-21-15-8-12(6-7-13(14)15)20-10-16(19)18-11-4-2-3-5-11/h6-8,11,14,17H,2-5,9-10H2,1H3,(H,18,19). The molecule has 21 heavy (non-hydrogen) atoms. The van der Waals surface area contributed by atoms with Crippen LogP contribution in [-0.4, -0.2) is 32.2 Å². The Morgan fingerprint density at radius 3 is 2.95 bits per heavy atom. The van der Waals surface area contributed by atoms with Crippen molar-refractivity contribution in [2.75, 3.05) is 20.3 Å². The van der Waals surface area contributed by atoms with Gasteiger partial charge in [0.1, 0.15) is 18.1 Å². The van der Waals surface area contributed by atoms with Crippen LogP contribution in [0.5, 0.6) is 11.5 Å². The molecule has 3 rings (SSSR count). The minimum atomic E-state index is -0.0450. The highest BCUT2D eigenvalue weighted by atomic mass is 16.5. The molecular formula is C16H22N2O3. The molecule has 5 heteroatoms. The van der Waals surface area contributed by atoms with Gasteiger partial charge < -0.3 is 20.1 Å². The van der Waals surface area contributed by atoms with Crippen molar-refractivity contribution in [3.8, 4) is 11.5 Å². The summed E-state index contributed by atoms with van der Waals surface area (Å²) in [7, 11) is 1.92. The second-order valence-electron chi connectivity index (χ2n) is 5.69. The quantitative estimate of drug-likeness (QED) is 0.868. The van der Waals surface area contributed by atoms with Crippen LogP contribution in [0.4, 0.5) is 0 Å². The van der Waals surface area contributed by atoms with E-state index in [0.717, 1.165) is 24.2 Å². The van der Waals surface area contributed by atoms with Crippen molar-refractivity contribution in [2.24, 2.45) is 0 Å². The molecule has 1 aliphatic carbocycles. The molecule has 0 aromatic heterocycles. The van der Waals surface area contributed by atoms with Gasteiger partial charge in [-0.2, -0.15) is 0 Å². The van der Waals surface area contributed by atoms with Crippen molar-refractivity contribution in [3.63, 3.8) is 0 Å². The lowest BCUT2D eigenvalue weighted by Gasteiger charge is -2.13. The first kappa shape index (κ1) is 14.2. The maximum Gasteiger partial charge on any atom is 0.258 e. The van der Waals surface area contributed by atoms with E-state index in [1.807, 2.05) is 25.2 Å². The maximum atomic E-state index is 11.8. The van der Waals surface area contributed by atoms with Crippen molar-refractivity contribution >= 4 is 5.91 Å². The number of ether oxygens (including phenoxy) is 2. The van der Waals surface area contributed by atoms with Crippen LogP contribution in [0.25, 0.3) is 0 Å². The molecule has 1 amide bonds. The Balaban J connectivity index is 1.52. The zero-order valence-corrected chi connectivity index (χ0v) is 12.4. The number of rotatable bonds is 5. The van der Waals surface area contributed by atoms with Gasteiger partial charge in [0, 0.05) is 17.7 Å². The minimum absolute atomic E-state index is 0.0450. The third-order valence-corrected chi connectivity index (χ3v) is 4.20. The predicted molar refractivity (Wildman–Crippen MR) is 79.6 cm³/mol. The summed E-state index contributed by atoms with van der Waals surface area (Å²) in [5.74, 6) is 1.46. The molecule has 1 atom stereocenters. The summed E-state index contributed by atoms with van der Waals surface area (Å²) in [4.78, 5) is 11.8. The van der Waals surface area contributed by atoms with E-state index in [2.05, 4.69) is 10.6 Å². The topological polar surface area (TPSA) is 59.6 Å². The van der Waals surface area contributed by atoms with E-state index in [1.165, 1.54) is 12.8 Å². The van der Waals surface area contributed by atoms with Gasteiger partial charge in [-0.1, -0.05) is 12.8 Å². The Morgan fingerprint density at radius 1 is 1.38 bits per heavy atom. The van der Waals surface area contributed by atoms with Gasteiger partial charge >= 0.3 is 0 Å². The fourth-order valence-corrected chi connectivity index (χ4v) is 3.01. The molecule has 1 unspecified atom stereocenters. The number of fused-ring (bicyclic) bond motifs is 1. The molecule has 1 aliphatic heterocycles. The van der Waals surface area contributed by atoms with Crippen molar-refractivity contribution in [1.29, 1.82) is 0 Å². The lowest BCUT2D eigenvalue weighted by Crippen LogP contribution is -2.36. The number of carbonyl (C=O) groups is 1. The summed E-state index contributed by atoms with van der Waals surface area (Å²) < 4.78 is 11.2. The van der Waals surface area contributed by atoms with Crippen LogP contribution >= 0.6 is 0 Å². The maximum absolute atomic E-state index is 11.8. The van der Waals surface area contributed by atoms with Gasteiger partial charge in [0.15, 0.2) is 6.61 Å². The third-order valence-electron chi connectivity index (χ3n) is 4.20. The average Bonchev–Trinajstić information content (AvgIpc) is 3.13. The van der Waals surface area contributed by atoms with E-state index in [-0.39, 0.29) is 18.6 Å². The average molecular weight is 290 g/mol. The molecule has 5 nitrogen and oxygen atoms in total. The summed E-state index contributed by atoms with van der Waals surface area (Å²) in [6.07, 6.45) is 4.59. The van der Waals surface area contributed by atoms with Crippen LogP contribution in [0.15, 0.2) is 18.2 Å². The van der Waals surface area contributed by atoms with Gasteiger partial charge in [0.05, 0.1) is 6.04 Å². The van der Waals surface area contributed by atoms with Gasteiger partial charge in [-0.05, 0) is 32.0 Å². The second kappa shape index (κ2) is 6.35. The molecular weight excluding hydrogens is 268 g/mol. The number of nitrogens with one attached hydrogen (secondary N) is 2. The molecule has 2 N–H and O–H groups in total. The van der Waals surface area contributed by atoms with Crippen molar-refractivity contribution in [2.45, 2.75) is 37.8 Å². The first-order valence-corrected chi connectivity index (χ1v) is 7.62. The lowest BCUT2D eigenvalue weighted by molar-refractivity contribution is -0.123. The molecule has 0 radical (unpaired) electrons. The van der Waals surface area contributed by atoms with E-state index in [1.54, 1.807) is 0 Å². The number of benzene rings is 1. The van der Waals surface area contributed by atoms with Crippen molar-refractivity contribution < 1.29 is 14.3 Å². The molecule has 0 saturated heterocycles. The molecule has 1 aromatic carbocycles. The predicted octanol–water partition coefficient (Wildman–Crippen LogP) is 1.78. The summed E-state index contributed by atoms with van der Waals surface area (Å²) in [5, 5.41) is 6.21. The minimum Gasteiger partial charge on any atom is -0.491 e. The molecule has 1 saturated carbocycles. The summed E-state index contributed by atoms with van der Waals surface area (Å²) >= 11 is 0. The Hall–Kier alpha value is -1.75. The fraction of sp³-hybridized carbons (Fsp3) is 0.562. The normalized spacial score (nSPS) is 20.9. The monoisotopic (exact) mass is 290 g/mol. The first-order chi connectivity index (χ1) is 10.3. The fourth-order valence-electron chi connectivity index (χ4n) is 3.01.